The lowest BCUT2D eigenvalue weighted by atomic mass is 10.1. The molecule has 0 bridgehead atoms. The van der Waals surface area contributed by atoms with Crippen LogP contribution in [0.25, 0.3) is 16.8 Å². The number of rotatable bonds is 6. The van der Waals surface area contributed by atoms with Crippen LogP contribution in [0.5, 0.6) is 5.75 Å². The second kappa shape index (κ2) is 9.06. The number of hydrogen-bond acceptors (Lipinski definition) is 6. The summed E-state index contributed by atoms with van der Waals surface area (Å²) in [5, 5.41) is 1.83. The zero-order chi connectivity index (χ0) is 21.8. The molecule has 0 N–H and O–H groups in total. The summed E-state index contributed by atoms with van der Waals surface area (Å²) in [5.74, 6) is -0.447. The van der Waals surface area contributed by atoms with Crippen LogP contribution in [0.15, 0.2) is 71.6 Å². The fourth-order valence-corrected chi connectivity index (χ4v) is 4.06. The van der Waals surface area contributed by atoms with E-state index in [1.807, 2.05) is 48.5 Å². The third kappa shape index (κ3) is 4.62. The van der Waals surface area contributed by atoms with Crippen molar-refractivity contribution < 1.29 is 23.9 Å². The molecule has 156 valence electrons. The second-order valence-electron chi connectivity index (χ2n) is 6.84. The normalized spacial score (nSPS) is 15.0. The molecule has 2 amide bonds. The monoisotopic (exact) mass is 433 g/mol. The molecule has 0 radical (unpaired) electrons. The zero-order valence-electron chi connectivity index (χ0n) is 16.7. The van der Waals surface area contributed by atoms with Crippen molar-refractivity contribution in [2.24, 2.45) is 0 Å². The summed E-state index contributed by atoms with van der Waals surface area (Å²) >= 11 is 0.801. The number of amides is 2. The van der Waals surface area contributed by atoms with Crippen LogP contribution >= 0.6 is 11.8 Å². The fraction of sp³-hybridized carbons (Fsp3) is 0.125. The van der Waals surface area contributed by atoms with Crippen LogP contribution in [0, 0.1) is 0 Å². The van der Waals surface area contributed by atoms with Gasteiger partial charge in [0.05, 0.1) is 12.0 Å². The first-order valence-electron chi connectivity index (χ1n) is 9.57. The maximum atomic E-state index is 12.4. The van der Waals surface area contributed by atoms with Crippen LogP contribution in [0.4, 0.5) is 4.79 Å². The molecule has 0 saturated carbocycles. The van der Waals surface area contributed by atoms with Gasteiger partial charge in [0.25, 0.3) is 11.1 Å². The number of thioether (sulfide) groups is 1. The van der Waals surface area contributed by atoms with Gasteiger partial charge < -0.3 is 9.47 Å². The summed E-state index contributed by atoms with van der Waals surface area (Å²) in [6.45, 7) is 0.0482. The highest BCUT2D eigenvalue weighted by Gasteiger charge is 2.36. The first-order chi connectivity index (χ1) is 15.0. The molecule has 1 aliphatic rings. The van der Waals surface area contributed by atoms with Gasteiger partial charge in [-0.05, 0) is 51.9 Å². The van der Waals surface area contributed by atoms with Crippen molar-refractivity contribution in [2.75, 3.05) is 13.7 Å². The Balaban J connectivity index is 1.43. The van der Waals surface area contributed by atoms with Crippen molar-refractivity contribution in [2.45, 2.75) is 6.61 Å². The Morgan fingerprint density at radius 1 is 1.00 bits per heavy atom. The number of nitrogens with zero attached hydrogens (tertiary/aromatic N) is 1. The van der Waals surface area contributed by atoms with E-state index in [-0.39, 0.29) is 11.4 Å². The SMILES string of the molecule is COC(=O)CN1C(=O)S/C(=C\c2ccc(OCc3cccc4ccccc34)cc2)C1=O. The second-order valence-corrected chi connectivity index (χ2v) is 7.83. The molecule has 1 saturated heterocycles. The van der Waals surface area contributed by atoms with Crippen molar-refractivity contribution in [3.8, 4) is 5.75 Å². The van der Waals surface area contributed by atoms with Gasteiger partial charge in [-0.2, -0.15) is 0 Å². The van der Waals surface area contributed by atoms with E-state index in [0.717, 1.165) is 33.2 Å². The minimum absolute atomic E-state index is 0.262. The minimum Gasteiger partial charge on any atom is -0.489 e. The number of ether oxygens (including phenoxy) is 2. The van der Waals surface area contributed by atoms with E-state index in [4.69, 9.17) is 4.74 Å². The first-order valence-corrected chi connectivity index (χ1v) is 10.4. The molecule has 3 aromatic rings. The minimum atomic E-state index is -0.642. The Labute approximate surface area is 183 Å². The van der Waals surface area contributed by atoms with Crippen molar-refractivity contribution in [1.82, 2.24) is 4.90 Å². The van der Waals surface area contributed by atoms with E-state index < -0.39 is 17.1 Å². The molecular formula is C24H19NO5S. The quantitative estimate of drug-likeness (QED) is 0.417. The number of imide groups is 1. The van der Waals surface area contributed by atoms with Gasteiger partial charge in [-0.25, -0.2) is 0 Å². The van der Waals surface area contributed by atoms with Gasteiger partial charge in [-0.15, -0.1) is 0 Å². The average Bonchev–Trinajstić information content (AvgIpc) is 3.05. The molecule has 1 aliphatic heterocycles. The molecule has 0 spiro atoms. The Morgan fingerprint density at radius 2 is 1.74 bits per heavy atom. The summed E-state index contributed by atoms with van der Waals surface area (Å²) in [7, 11) is 1.21. The summed E-state index contributed by atoms with van der Waals surface area (Å²) in [5.41, 5.74) is 1.85. The predicted octanol–water partition coefficient (Wildman–Crippen LogP) is 4.63. The van der Waals surface area contributed by atoms with Gasteiger partial charge in [0.15, 0.2) is 0 Å². The van der Waals surface area contributed by atoms with E-state index in [2.05, 4.69) is 22.9 Å². The fourth-order valence-electron chi connectivity index (χ4n) is 3.22. The highest BCUT2D eigenvalue weighted by molar-refractivity contribution is 8.18. The maximum Gasteiger partial charge on any atom is 0.325 e. The Kier molecular flexibility index (Phi) is 6.04. The Bertz CT molecular complexity index is 1180. The van der Waals surface area contributed by atoms with Crippen molar-refractivity contribution in [3.63, 3.8) is 0 Å². The molecule has 6 nitrogen and oxygen atoms in total. The molecule has 0 aromatic heterocycles. The lowest BCUT2D eigenvalue weighted by Gasteiger charge is -2.10. The van der Waals surface area contributed by atoms with Crippen LogP contribution < -0.4 is 4.74 Å². The molecular weight excluding hydrogens is 414 g/mol. The largest absolute Gasteiger partial charge is 0.489 e. The van der Waals surface area contributed by atoms with Gasteiger partial charge in [-0.1, -0.05) is 54.6 Å². The molecule has 1 fully saturated rings. The standard InChI is InChI=1S/C24H19NO5S/c1-29-22(26)14-25-23(27)21(31-24(25)28)13-16-9-11-19(12-10-16)30-15-18-7-4-6-17-5-2-3-8-20(17)18/h2-13H,14-15H2,1H3/b21-13-. The number of carbonyl (C=O) groups excluding carboxylic acids is 3. The summed E-state index contributed by atoms with van der Waals surface area (Å²) < 4.78 is 10.5. The molecule has 0 atom stereocenters. The van der Waals surface area contributed by atoms with Crippen molar-refractivity contribution in [1.29, 1.82) is 0 Å². The van der Waals surface area contributed by atoms with Crippen LogP contribution in [0.2, 0.25) is 0 Å². The number of benzene rings is 3. The van der Waals surface area contributed by atoms with Crippen LogP contribution in [0.3, 0.4) is 0 Å². The van der Waals surface area contributed by atoms with Gasteiger partial charge in [0.2, 0.25) is 0 Å². The smallest absolute Gasteiger partial charge is 0.325 e. The van der Waals surface area contributed by atoms with E-state index in [1.54, 1.807) is 6.08 Å². The van der Waals surface area contributed by atoms with E-state index in [1.165, 1.54) is 12.5 Å². The molecule has 7 heteroatoms. The Hall–Kier alpha value is -3.58. The first kappa shape index (κ1) is 20.7. The highest BCUT2D eigenvalue weighted by Crippen LogP contribution is 2.32. The number of fused-ring (bicyclic) bond motifs is 1. The van der Waals surface area contributed by atoms with Crippen LogP contribution in [-0.2, 0) is 20.9 Å². The number of hydrogen-bond donors (Lipinski definition) is 0. The topological polar surface area (TPSA) is 72.9 Å². The molecule has 1 heterocycles. The molecule has 0 aliphatic carbocycles. The predicted molar refractivity (Wildman–Crippen MR) is 119 cm³/mol. The molecule has 0 unspecified atom stereocenters. The third-order valence-corrected chi connectivity index (χ3v) is 5.75. The molecule has 3 aromatic carbocycles. The lowest BCUT2D eigenvalue weighted by molar-refractivity contribution is -0.143. The van der Waals surface area contributed by atoms with E-state index >= 15 is 0 Å². The molecule has 31 heavy (non-hydrogen) atoms. The lowest BCUT2D eigenvalue weighted by Crippen LogP contribution is -2.34. The number of methoxy groups -OCH3 is 1. The average molecular weight is 433 g/mol. The van der Waals surface area contributed by atoms with Gasteiger partial charge >= 0.3 is 5.97 Å². The summed E-state index contributed by atoms with van der Waals surface area (Å²) in [6, 6.07) is 21.5. The van der Waals surface area contributed by atoms with Crippen molar-refractivity contribution >= 4 is 45.7 Å². The zero-order valence-corrected chi connectivity index (χ0v) is 17.6. The van der Waals surface area contributed by atoms with Crippen LogP contribution in [0.1, 0.15) is 11.1 Å². The van der Waals surface area contributed by atoms with Crippen LogP contribution in [-0.4, -0.2) is 35.7 Å². The number of carbonyl (C=O) groups is 3. The third-order valence-electron chi connectivity index (χ3n) is 4.84. The van der Waals surface area contributed by atoms with Crippen molar-refractivity contribution in [3.05, 3.63) is 82.8 Å². The Morgan fingerprint density at radius 3 is 2.52 bits per heavy atom. The van der Waals surface area contributed by atoms with E-state index in [0.29, 0.717) is 12.4 Å². The van der Waals surface area contributed by atoms with Gasteiger partial charge in [0.1, 0.15) is 18.9 Å². The van der Waals surface area contributed by atoms with Gasteiger partial charge in [-0.3, -0.25) is 19.3 Å². The number of esters is 1. The summed E-state index contributed by atoms with van der Waals surface area (Å²) in [6.07, 6.45) is 1.62. The van der Waals surface area contributed by atoms with Gasteiger partial charge in [0, 0.05) is 0 Å². The highest BCUT2D eigenvalue weighted by atomic mass is 32.2. The summed E-state index contributed by atoms with van der Waals surface area (Å²) in [4.78, 5) is 36.9. The maximum absolute atomic E-state index is 12.4. The molecule has 4 rings (SSSR count). The van der Waals surface area contributed by atoms with E-state index in [9.17, 15) is 14.4 Å².